The topological polar surface area (TPSA) is 63.3 Å². The number of aromatic nitrogens is 1. The van der Waals surface area contributed by atoms with Gasteiger partial charge in [0, 0.05) is 6.07 Å². The third kappa shape index (κ3) is 1.36. The third-order valence-electron chi connectivity index (χ3n) is 2.50. The number of nitrogens with zero attached hydrogens (tertiary/aromatic N) is 1. The Balaban J connectivity index is 2.62. The van der Waals surface area contributed by atoms with Gasteiger partial charge in [0.2, 0.25) is 17.0 Å². The first-order chi connectivity index (χ1) is 8.16. The van der Waals surface area contributed by atoms with Crippen molar-refractivity contribution in [2.75, 3.05) is 0 Å². The Hall–Kier alpha value is -2.43. The van der Waals surface area contributed by atoms with Gasteiger partial charge in [0.05, 0.1) is 10.8 Å². The second-order valence-corrected chi connectivity index (χ2v) is 3.57. The van der Waals surface area contributed by atoms with Crippen LogP contribution in [0.3, 0.4) is 0 Å². The summed E-state index contributed by atoms with van der Waals surface area (Å²) in [5.41, 5.74) is -0.594. The minimum Gasteiger partial charge on any atom is -0.493 e. The number of halogens is 1. The molecule has 0 saturated carbocycles. The van der Waals surface area contributed by atoms with Gasteiger partial charge in [0.25, 0.3) is 0 Å². The fraction of sp³-hybridized carbons (Fsp3) is 0. The van der Waals surface area contributed by atoms with Crippen molar-refractivity contribution in [3.05, 3.63) is 46.4 Å². The van der Waals surface area contributed by atoms with E-state index in [0.29, 0.717) is 0 Å². The maximum Gasteiger partial charge on any atom is 0.233 e. The van der Waals surface area contributed by atoms with Crippen LogP contribution in [0.4, 0.5) is 4.39 Å². The molecule has 1 N–H and O–H groups in total. The summed E-state index contributed by atoms with van der Waals surface area (Å²) in [5.74, 6) is -0.914. The van der Waals surface area contributed by atoms with Crippen LogP contribution in [-0.4, -0.2) is 10.1 Å². The van der Waals surface area contributed by atoms with Crippen molar-refractivity contribution in [1.82, 2.24) is 4.98 Å². The first kappa shape index (κ1) is 9.77. The molecule has 4 nitrogen and oxygen atoms in total. The highest BCUT2D eigenvalue weighted by molar-refractivity contribution is 5.88. The Morgan fingerprint density at radius 2 is 2.00 bits per heavy atom. The second kappa shape index (κ2) is 3.28. The molecular weight excluding hydrogens is 225 g/mol. The molecule has 0 aliphatic heterocycles. The van der Waals surface area contributed by atoms with Crippen LogP contribution in [0.2, 0.25) is 0 Å². The van der Waals surface area contributed by atoms with Crippen molar-refractivity contribution in [1.29, 1.82) is 0 Å². The minimum absolute atomic E-state index is 0.0763. The lowest BCUT2D eigenvalue weighted by Gasteiger charge is -2.01. The molecule has 0 aliphatic carbocycles. The fourth-order valence-corrected chi connectivity index (χ4v) is 1.71. The summed E-state index contributed by atoms with van der Waals surface area (Å²) in [5, 5.41) is 9.56. The van der Waals surface area contributed by atoms with Crippen LogP contribution in [-0.2, 0) is 0 Å². The Morgan fingerprint density at radius 1 is 1.18 bits per heavy atom. The van der Waals surface area contributed by atoms with Gasteiger partial charge in [0.1, 0.15) is 0 Å². The average Bonchev–Trinajstić information content (AvgIpc) is 2.30. The first-order valence-corrected chi connectivity index (χ1v) is 4.88. The fourth-order valence-electron chi connectivity index (χ4n) is 1.71. The van der Waals surface area contributed by atoms with Gasteiger partial charge in [-0.1, -0.05) is 6.07 Å². The van der Waals surface area contributed by atoms with Crippen LogP contribution >= 0.6 is 0 Å². The summed E-state index contributed by atoms with van der Waals surface area (Å²) in [6.07, 6.45) is 0. The molecule has 0 aliphatic rings. The monoisotopic (exact) mass is 231 g/mol. The number of rotatable bonds is 0. The average molecular weight is 231 g/mol. The van der Waals surface area contributed by atoms with Crippen LogP contribution in [0.5, 0.6) is 5.88 Å². The van der Waals surface area contributed by atoms with Gasteiger partial charge in [-0.3, -0.25) is 4.79 Å². The van der Waals surface area contributed by atoms with Gasteiger partial charge >= 0.3 is 0 Å². The standard InChI is InChI=1S/C12H6FNO3/c13-8-3-1-2-6-10(16)7-4-5-9(15)14-12(7)17-11(6)8/h1-5H,(H,14,15). The molecule has 0 amide bonds. The summed E-state index contributed by atoms with van der Waals surface area (Å²) >= 11 is 0. The molecule has 0 unspecified atom stereocenters. The number of para-hydroxylation sites is 1. The van der Waals surface area contributed by atoms with Gasteiger partial charge in [-0.15, -0.1) is 0 Å². The highest BCUT2D eigenvalue weighted by Crippen LogP contribution is 2.20. The van der Waals surface area contributed by atoms with E-state index in [0.717, 1.165) is 0 Å². The highest BCUT2D eigenvalue weighted by atomic mass is 19.1. The molecule has 2 heterocycles. The molecule has 84 valence electrons. The van der Waals surface area contributed by atoms with E-state index in [-0.39, 0.29) is 33.4 Å². The van der Waals surface area contributed by atoms with E-state index in [1.807, 2.05) is 0 Å². The molecule has 0 saturated heterocycles. The van der Waals surface area contributed by atoms with Crippen molar-refractivity contribution in [2.24, 2.45) is 0 Å². The molecule has 3 rings (SSSR count). The number of benzene rings is 1. The quantitative estimate of drug-likeness (QED) is 0.602. The Morgan fingerprint density at radius 3 is 2.82 bits per heavy atom. The highest BCUT2D eigenvalue weighted by Gasteiger charge is 2.11. The summed E-state index contributed by atoms with van der Waals surface area (Å²) in [7, 11) is 0. The normalized spacial score (nSPS) is 11.1. The van der Waals surface area contributed by atoms with Crippen molar-refractivity contribution >= 4 is 22.1 Å². The van der Waals surface area contributed by atoms with Crippen LogP contribution in [0.25, 0.3) is 22.1 Å². The van der Waals surface area contributed by atoms with E-state index in [2.05, 4.69) is 4.98 Å². The van der Waals surface area contributed by atoms with E-state index in [9.17, 15) is 14.3 Å². The number of aromatic hydroxyl groups is 1. The van der Waals surface area contributed by atoms with E-state index in [1.165, 1.54) is 30.3 Å². The summed E-state index contributed by atoms with van der Waals surface area (Å²) < 4.78 is 18.7. The molecular formula is C12H6FNO3. The molecule has 0 fully saturated rings. The number of hydrogen-bond acceptors (Lipinski definition) is 4. The van der Waals surface area contributed by atoms with E-state index in [4.69, 9.17) is 4.42 Å². The summed E-state index contributed by atoms with van der Waals surface area (Å²) in [6.45, 7) is 0. The zero-order chi connectivity index (χ0) is 12.0. The lowest BCUT2D eigenvalue weighted by molar-refractivity contribution is 0.451. The van der Waals surface area contributed by atoms with Crippen molar-refractivity contribution in [3.8, 4) is 5.88 Å². The Labute approximate surface area is 93.9 Å². The zero-order valence-corrected chi connectivity index (χ0v) is 8.48. The lowest BCUT2D eigenvalue weighted by Crippen LogP contribution is -2.03. The van der Waals surface area contributed by atoms with Gasteiger partial charge in [0.15, 0.2) is 11.4 Å². The SMILES string of the molecule is O=c1c2ccc(O)nc2oc2c(F)cccc12. The van der Waals surface area contributed by atoms with E-state index < -0.39 is 5.82 Å². The molecule has 17 heavy (non-hydrogen) atoms. The van der Waals surface area contributed by atoms with Gasteiger partial charge in [-0.05, 0) is 18.2 Å². The Kier molecular flexibility index (Phi) is 1.89. The van der Waals surface area contributed by atoms with Crippen molar-refractivity contribution < 1.29 is 13.9 Å². The first-order valence-electron chi connectivity index (χ1n) is 4.88. The van der Waals surface area contributed by atoms with Crippen LogP contribution in [0, 0.1) is 5.82 Å². The second-order valence-electron chi connectivity index (χ2n) is 3.57. The number of pyridine rings is 1. The summed E-state index contributed by atoms with van der Waals surface area (Å²) in [4.78, 5) is 15.7. The number of fused-ring (bicyclic) bond motifs is 2. The molecule has 5 heteroatoms. The largest absolute Gasteiger partial charge is 0.493 e. The molecule has 0 bridgehead atoms. The van der Waals surface area contributed by atoms with Gasteiger partial charge < -0.3 is 9.52 Å². The molecule has 2 aromatic heterocycles. The molecule has 0 atom stereocenters. The van der Waals surface area contributed by atoms with E-state index >= 15 is 0 Å². The van der Waals surface area contributed by atoms with Gasteiger partial charge in [-0.25, -0.2) is 4.39 Å². The maximum atomic E-state index is 13.5. The smallest absolute Gasteiger partial charge is 0.233 e. The van der Waals surface area contributed by atoms with Crippen molar-refractivity contribution in [2.45, 2.75) is 0 Å². The van der Waals surface area contributed by atoms with Gasteiger partial charge in [-0.2, -0.15) is 4.98 Å². The minimum atomic E-state index is -0.633. The number of hydrogen-bond donors (Lipinski definition) is 1. The van der Waals surface area contributed by atoms with Crippen LogP contribution in [0.15, 0.2) is 39.5 Å². The van der Waals surface area contributed by atoms with Crippen LogP contribution < -0.4 is 5.43 Å². The van der Waals surface area contributed by atoms with E-state index in [1.54, 1.807) is 0 Å². The van der Waals surface area contributed by atoms with Crippen LogP contribution in [0.1, 0.15) is 0 Å². The van der Waals surface area contributed by atoms with Crippen molar-refractivity contribution in [3.63, 3.8) is 0 Å². The molecule has 3 aromatic rings. The predicted molar refractivity (Wildman–Crippen MR) is 59.4 cm³/mol. The Bertz CT molecular complexity index is 795. The third-order valence-corrected chi connectivity index (χ3v) is 2.50. The lowest BCUT2D eigenvalue weighted by atomic mass is 10.2. The molecule has 0 radical (unpaired) electrons. The zero-order valence-electron chi connectivity index (χ0n) is 8.48. The molecule has 0 spiro atoms. The molecule has 1 aromatic carbocycles. The summed E-state index contributed by atoms with van der Waals surface area (Å²) in [6, 6.07) is 6.79. The maximum absolute atomic E-state index is 13.5. The predicted octanol–water partition coefficient (Wildman–Crippen LogP) is 2.19.